The molecule has 1 aromatic rings. The van der Waals surface area contributed by atoms with E-state index in [-0.39, 0.29) is 0 Å². The molecular weight excluding hydrogens is 282 g/mol. The minimum atomic E-state index is 0.533. The summed E-state index contributed by atoms with van der Waals surface area (Å²) in [6.07, 6.45) is 6.46. The van der Waals surface area contributed by atoms with Crippen molar-refractivity contribution in [2.45, 2.75) is 64.1 Å². The summed E-state index contributed by atoms with van der Waals surface area (Å²) in [4.78, 5) is 4.86. The molecule has 1 saturated heterocycles. The smallest absolute Gasteiger partial charge is 0.226 e. The highest BCUT2D eigenvalue weighted by Crippen LogP contribution is 2.32. The minimum Gasteiger partial charge on any atom is -0.338 e. The van der Waals surface area contributed by atoms with Gasteiger partial charge in [0.1, 0.15) is 0 Å². The molecule has 1 saturated carbocycles. The molecule has 1 aliphatic carbocycles. The lowest BCUT2D eigenvalue weighted by atomic mass is 9.95. The molecule has 3 rings (SSSR count). The molecule has 1 N–H and O–H groups in total. The Kier molecular flexibility index (Phi) is 4.36. The number of nitrogens with zero attached hydrogens (tertiary/aromatic N) is 4. The van der Waals surface area contributed by atoms with E-state index >= 15 is 0 Å². The quantitative estimate of drug-likeness (QED) is 0.853. The Morgan fingerprint density at radius 1 is 1.10 bits per heavy atom. The first-order valence-corrected chi connectivity index (χ1v) is 8.62. The third kappa shape index (κ3) is 2.88. The number of likely N-dealkylation sites (N-methyl/N-ethyl adjacent to an activating group) is 1. The van der Waals surface area contributed by atoms with Gasteiger partial charge in [-0.05, 0) is 46.0 Å². The van der Waals surface area contributed by atoms with Crippen molar-refractivity contribution >= 4 is 18.2 Å². The van der Waals surface area contributed by atoms with Crippen LogP contribution in [0.1, 0.15) is 52.0 Å². The van der Waals surface area contributed by atoms with Crippen LogP contribution >= 0.6 is 12.2 Å². The summed E-state index contributed by atoms with van der Waals surface area (Å²) in [5, 5.41) is 7.59. The lowest BCUT2D eigenvalue weighted by molar-refractivity contribution is 0.168. The zero-order valence-corrected chi connectivity index (χ0v) is 14.2. The number of aromatic amines is 1. The Morgan fingerprint density at radius 2 is 1.71 bits per heavy atom. The van der Waals surface area contributed by atoms with Gasteiger partial charge in [0.15, 0.2) is 4.77 Å². The maximum absolute atomic E-state index is 5.51. The van der Waals surface area contributed by atoms with E-state index < -0.39 is 0 Å². The zero-order valence-electron chi connectivity index (χ0n) is 13.4. The molecule has 2 unspecified atom stereocenters. The van der Waals surface area contributed by atoms with Crippen LogP contribution < -0.4 is 4.90 Å². The first-order chi connectivity index (χ1) is 10.1. The number of anilines is 1. The minimum absolute atomic E-state index is 0.533. The Morgan fingerprint density at radius 3 is 2.33 bits per heavy atom. The standard InChI is InChI=1S/C15H27N5S/c1-11-9-19(10-12(2)18(11)3)14-16-17-15(21)20(14)13-7-5-4-6-8-13/h11-13H,4-10H2,1-3H3,(H,17,21). The molecule has 6 heteroatoms. The summed E-state index contributed by atoms with van der Waals surface area (Å²) in [6.45, 7) is 6.62. The topological polar surface area (TPSA) is 40.1 Å². The second-order valence-electron chi connectivity index (χ2n) is 6.76. The average molecular weight is 309 g/mol. The van der Waals surface area contributed by atoms with E-state index in [4.69, 9.17) is 12.2 Å². The molecule has 118 valence electrons. The van der Waals surface area contributed by atoms with Crippen molar-refractivity contribution in [3.63, 3.8) is 0 Å². The van der Waals surface area contributed by atoms with Gasteiger partial charge in [-0.25, -0.2) is 5.10 Å². The van der Waals surface area contributed by atoms with Crippen molar-refractivity contribution in [2.75, 3.05) is 25.0 Å². The molecule has 0 radical (unpaired) electrons. The van der Waals surface area contributed by atoms with Crippen LogP contribution in [0.5, 0.6) is 0 Å². The van der Waals surface area contributed by atoms with Crippen LogP contribution in [0, 0.1) is 4.77 Å². The molecule has 2 aliphatic rings. The first kappa shape index (κ1) is 15.0. The molecule has 1 aromatic heterocycles. The van der Waals surface area contributed by atoms with Gasteiger partial charge in [0.2, 0.25) is 5.95 Å². The normalized spacial score (nSPS) is 29.0. The van der Waals surface area contributed by atoms with Gasteiger partial charge < -0.3 is 4.90 Å². The molecule has 1 aliphatic heterocycles. The maximum atomic E-state index is 5.51. The Hall–Kier alpha value is -0.880. The van der Waals surface area contributed by atoms with Crippen molar-refractivity contribution in [1.82, 2.24) is 19.7 Å². The van der Waals surface area contributed by atoms with Crippen molar-refractivity contribution in [2.24, 2.45) is 0 Å². The van der Waals surface area contributed by atoms with E-state index in [0.717, 1.165) is 23.8 Å². The number of hydrogen-bond acceptors (Lipinski definition) is 4. The van der Waals surface area contributed by atoms with E-state index in [1.54, 1.807) is 0 Å². The lowest BCUT2D eigenvalue weighted by Crippen LogP contribution is -2.55. The van der Waals surface area contributed by atoms with Crippen molar-refractivity contribution in [1.29, 1.82) is 0 Å². The average Bonchev–Trinajstić information content (AvgIpc) is 2.87. The Balaban J connectivity index is 1.87. The molecule has 0 aromatic carbocycles. The fourth-order valence-electron chi connectivity index (χ4n) is 3.76. The molecule has 2 atom stereocenters. The maximum Gasteiger partial charge on any atom is 0.226 e. The summed E-state index contributed by atoms with van der Waals surface area (Å²) in [7, 11) is 2.21. The van der Waals surface area contributed by atoms with Gasteiger partial charge in [0.05, 0.1) is 0 Å². The van der Waals surface area contributed by atoms with Gasteiger partial charge in [0.25, 0.3) is 0 Å². The SMILES string of the molecule is CC1CN(c2n[nH]c(=S)n2C2CCCCC2)CC(C)N1C. The Labute approximate surface area is 132 Å². The number of hydrogen-bond donors (Lipinski definition) is 1. The van der Waals surface area contributed by atoms with E-state index in [1.807, 2.05) is 0 Å². The molecule has 0 amide bonds. The number of H-pyrrole nitrogens is 1. The first-order valence-electron chi connectivity index (χ1n) is 8.21. The van der Waals surface area contributed by atoms with Crippen molar-refractivity contribution in [3.8, 4) is 0 Å². The van der Waals surface area contributed by atoms with Gasteiger partial charge in [-0.3, -0.25) is 9.47 Å². The summed E-state index contributed by atoms with van der Waals surface area (Å²) >= 11 is 5.51. The molecule has 5 nitrogen and oxygen atoms in total. The second kappa shape index (κ2) is 6.08. The van der Waals surface area contributed by atoms with Crippen LogP contribution in [-0.4, -0.2) is 51.9 Å². The monoisotopic (exact) mass is 309 g/mol. The highest BCUT2D eigenvalue weighted by Gasteiger charge is 2.30. The van der Waals surface area contributed by atoms with Crippen LogP contribution in [0.2, 0.25) is 0 Å². The van der Waals surface area contributed by atoms with E-state index in [0.29, 0.717) is 18.1 Å². The number of rotatable bonds is 2. The summed E-state index contributed by atoms with van der Waals surface area (Å²) < 4.78 is 3.08. The number of piperazine rings is 1. The number of nitrogens with one attached hydrogen (secondary N) is 1. The summed E-state index contributed by atoms with van der Waals surface area (Å²) in [6, 6.07) is 1.61. The van der Waals surface area contributed by atoms with Gasteiger partial charge in [-0.2, -0.15) is 0 Å². The van der Waals surface area contributed by atoms with Crippen molar-refractivity contribution < 1.29 is 0 Å². The number of aromatic nitrogens is 3. The molecule has 2 fully saturated rings. The van der Waals surface area contributed by atoms with E-state index in [1.165, 1.54) is 32.1 Å². The fourth-order valence-corrected chi connectivity index (χ4v) is 4.03. The zero-order chi connectivity index (χ0) is 15.0. The molecular formula is C15H27N5S. The lowest BCUT2D eigenvalue weighted by Gasteiger charge is -2.43. The van der Waals surface area contributed by atoms with Crippen molar-refractivity contribution in [3.05, 3.63) is 4.77 Å². The molecule has 0 spiro atoms. The summed E-state index contributed by atoms with van der Waals surface area (Å²) in [5.41, 5.74) is 0. The largest absolute Gasteiger partial charge is 0.338 e. The van der Waals surface area contributed by atoms with Crippen LogP contribution in [0.15, 0.2) is 0 Å². The van der Waals surface area contributed by atoms with Crippen LogP contribution in [0.3, 0.4) is 0 Å². The van der Waals surface area contributed by atoms with Crippen LogP contribution in [-0.2, 0) is 0 Å². The highest BCUT2D eigenvalue weighted by molar-refractivity contribution is 7.71. The predicted octanol–water partition coefficient (Wildman–Crippen LogP) is 2.97. The molecule has 0 bridgehead atoms. The molecule has 21 heavy (non-hydrogen) atoms. The summed E-state index contributed by atoms with van der Waals surface area (Å²) in [5.74, 6) is 1.05. The van der Waals surface area contributed by atoms with E-state index in [9.17, 15) is 0 Å². The third-order valence-electron chi connectivity index (χ3n) is 5.27. The van der Waals surface area contributed by atoms with Crippen LogP contribution in [0.4, 0.5) is 5.95 Å². The third-order valence-corrected chi connectivity index (χ3v) is 5.56. The molecule has 2 heterocycles. The van der Waals surface area contributed by atoms with Gasteiger partial charge in [0, 0.05) is 31.2 Å². The van der Waals surface area contributed by atoms with E-state index in [2.05, 4.69) is 45.5 Å². The highest BCUT2D eigenvalue weighted by atomic mass is 32.1. The van der Waals surface area contributed by atoms with Gasteiger partial charge >= 0.3 is 0 Å². The second-order valence-corrected chi connectivity index (χ2v) is 7.15. The van der Waals surface area contributed by atoms with Crippen LogP contribution in [0.25, 0.3) is 0 Å². The fraction of sp³-hybridized carbons (Fsp3) is 0.867. The Bertz CT molecular complexity index is 518. The van der Waals surface area contributed by atoms with Gasteiger partial charge in [-0.15, -0.1) is 5.10 Å². The van der Waals surface area contributed by atoms with Gasteiger partial charge in [-0.1, -0.05) is 19.3 Å². The predicted molar refractivity (Wildman–Crippen MR) is 88.4 cm³/mol.